The van der Waals surface area contributed by atoms with Gasteiger partial charge >= 0.3 is 0 Å². The lowest BCUT2D eigenvalue weighted by molar-refractivity contribution is 0.441. The highest BCUT2D eigenvalue weighted by molar-refractivity contribution is 5.01. The van der Waals surface area contributed by atoms with Crippen molar-refractivity contribution in [3.8, 4) is 0 Å². The number of nitrogens with zero attached hydrogens (tertiary/aromatic N) is 3. The van der Waals surface area contributed by atoms with E-state index in [2.05, 4.69) is 21.7 Å². The van der Waals surface area contributed by atoms with Gasteiger partial charge in [0, 0.05) is 25.4 Å². The average Bonchev–Trinajstić information content (AvgIpc) is 2.80. The predicted molar refractivity (Wildman–Crippen MR) is 78.0 cm³/mol. The largest absolute Gasteiger partial charge is 0.326 e. The predicted octanol–water partition coefficient (Wildman–Crippen LogP) is 2.84. The van der Waals surface area contributed by atoms with E-state index in [1.165, 1.54) is 44.9 Å². The van der Waals surface area contributed by atoms with E-state index in [0.717, 1.165) is 37.5 Å². The van der Waals surface area contributed by atoms with Gasteiger partial charge in [0.05, 0.1) is 0 Å². The van der Waals surface area contributed by atoms with Gasteiger partial charge in [0.25, 0.3) is 0 Å². The Morgan fingerprint density at radius 1 is 1.11 bits per heavy atom. The molecule has 19 heavy (non-hydrogen) atoms. The van der Waals surface area contributed by atoms with Crippen LogP contribution in [0.1, 0.15) is 69.9 Å². The van der Waals surface area contributed by atoms with Crippen LogP contribution < -0.4 is 5.73 Å². The number of rotatable bonds is 8. The van der Waals surface area contributed by atoms with Crippen molar-refractivity contribution < 1.29 is 0 Å². The van der Waals surface area contributed by atoms with E-state index in [9.17, 15) is 0 Å². The van der Waals surface area contributed by atoms with Crippen molar-refractivity contribution in [3.05, 3.63) is 11.6 Å². The van der Waals surface area contributed by atoms with Gasteiger partial charge in [0.15, 0.2) is 0 Å². The zero-order valence-corrected chi connectivity index (χ0v) is 12.3. The van der Waals surface area contributed by atoms with Crippen LogP contribution in [0.3, 0.4) is 0 Å². The topological polar surface area (TPSA) is 56.7 Å². The van der Waals surface area contributed by atoms with Crippen molar-refractivity contribution in [2.24, 2.45) is 5.73 Å². The Morgan fingerprint density at radius 2 is 1.84 bits per heavy atom. The highest BCUT2D eigenvalue weighted by Gasteiger charge is 2.19. The maximum atomic E-state index is 6.02. The highest BCUT2D eigenvalue weighted by Crippen LogP contribution is 2.16. The van der Waals surface area contributed by atoms with Crippen molar-refractivity contribution >= 4 is 0 Å². The van der Waals surface area contributed by atoms with Crippen LogP contribution >= 0.6 is 0 Å². The molecule has 0 saturated carbocycles. The molecule has 0 aliphatic carbocycles. The van der Waals surface area contributed by atoms with Gasteiger partial charge in [-0.1, -0.05) is 45.4 Å². The van der Waals surface area contributed by atoms with Crippen LogP contribution in [0.5, 0.6) is 0 Å². The molecule has 0 spiro atoms. The second kappa shape index (κ2) is 7.63. The number of nitrogens with two attached hydrogens (primary N) is 1. The Kier molecular flexibility index (Phi) is 5.83. The molecule has 1 unspecified atom stereocenters. The van der Waals surface area contributed by atoms with E-state index in [4.69, 9.17) is 5.73 Å². The maximum absolute atomic E-state index is 6.02. The minimum atomic E-state index is 0.288. The molecule has 1 aliphatic rings. The molecular weight excluding hydrogens is 236 g/mol. The third-order valence-corrected chi connectivity index (χ3v) is 4.06. The molecule has 1 aliphatic heterocycles. The standard InChI is InChI=1S/C15H28N4/c1-2-3-4-5-6-7-8-9-14-17-18-15-11-10-13(16)12-19(14)15/h13H,2-12,16H2,1H3. The maximum Gasteiger partial charge on any atom is 0.133 e. The Bertz CT molecular complexity index is 372. The van der Waals surface area contributed by atoms with Gasteiger partial charge in [-0.15, -0.1) is 10.2 Å². The summed E-state index contributed by atoms with van der Waals surface area (Å²) in [4.78, 5) is 0. The van der Waals surface area contributed by atoms with E-state index in [0.29, 0.717) is 0 Å². The molecule has 1 aromatic rings. The number of hydrogen-bond acceptors (Lipinski definition) is 3. The SMILES string of the molecule is CCCCCCCCCc1nnc2n1CC(N)CC2. The summed E-state index contributed by atoms with van der Waals surface area (Å²) in [6.45, 7) is 3.17. The first-order valence-electron chi connectivity index (χ1n) is 7.97. The molecule has 2 rings (SSSR count). The lowest BCUT2D eigenvalue weighted by Crippen LogP contribution is -2.32. The first kappa shape index (κ1) is 14.5. The van der Waals surface area contributed by atoms with Crippen LogP contribution in [0.25, 0.3) is 0 Å². The molecule has 4 nitrogen and oxygen atoms in total. The highest BCUT2D eigenvalue weighted by atomic mass is 15.3. The molecule has 1 aromatic heterocycles. The normalized spacial score (nSPS) is 18.5. The average molecular weight is 264 g/mol. The summed E-state index contributed by atoms with van der Waals surface area (Å²) in [6.07, 6.45) is 12.5. The molecule has 0 saturated heterocycles. The number of unbranched alkanes of at least 4 members (excludes halogenated alkanes) is 6. The molecule has 2 heterocycles. The van der Waals surface area contributed by atoms with E-state index in [1.807, 2.05) is 0 Å². The van der Waals surface area contributed by atoms with Crippen LogP contribution in [0.2, 0.25) is 0 Å². The molecule has 0 fully saturated rings. The van der Waals surface area contributed by atoms with Crippen molar-refractivity contribution in [2.45, 2.75) is 83.7 Å². The third-order valence-electron chi connectivity index (χ3n) is 4.06. The van der Waals surface area contributed by atoms with E-state index in [1.54, 1.807) is 0 Å². The van der Waals surface area contributed by atoms with Crippen LogP contribution in [-0.2, 0) is 19.4 Å². The smallest absolute Gasteiger partial charge is 0.133 e. The van der Waals surface area contributed by atoms with Gasteiger partial charge in [-0.3, -0.25) is 0 Å². The summed E-state index contributed by atoms with van der Waals surface area (Å²) in [7, 11) is 0. The summed E-state index contributed by atoms with van der Waals surface area (Å²) in [5, 5.41) is 8.62. The molecule has 0 amide bonds. The summed E-state index contributed by atoms with van der Waals surface area (Å²) in [6, 6.07) is 0.288. The van der Waals surface area contributed by atoms with E-state index >= 15 is 0 Å². The monoisotopic (exact) mass is 264 g/mol. The summed E-state index contributed by atoms with van der Waals surface area (Å²) in [5.74, 6) is 2.29. The van der Waals surface area contributed by atoms with Crippen molar-refractivity contribution in [1.82, 2.24) is 14.8 Å². The zero-order chi connectivity index (χ0) is 13.5. The fraction of sp³-hybridized carbons (Fsp3) is 0.867. The number of fused-ring (bicyclic) bond motifs is 1. The van der Waals surface area contributed by atoms with Crippen molar-refractivity contribution in [3.63, 3.8) is 0 Å². The molecule has 1 atom stereocenters. The van der Waals surface area contributed by atoms with Gasteiger partial charge in [-0.25, -0.2) is 0 Å². The number of aromatic nitrogens is 3. The minimum Gasteiger partial charge on any atom is -0.326 e. The number of hydrogen-bond donors (Lipinski definition) is 1. The molecule has 0 aromatic carbocycles. The Balaban J connectivity index is 1.68. The number of aryl methyl sites for hydroxylation is 2. The lowest BCUT2D eigenvalue weighted by atomic mass is 10.1. The van der Waals surface area contributed by atoms with Crippen molar-refractivity contribution in [2.75, 3.05) is 0 Å². The first-order valence-corrected chi connectivity index (χ1v) is 7.97. The summed E-state index contributed by atoms with van der Waals surface area (Å²) >= 11 is 0. The van der Waals surface area contributed by atoms with Gasteiger partial charge in [-0.2, -0.15) is 0 Å². The molecule has 2 N–H and O–H groups in total. The zero-order valence-electron chi connectivity index (χ0n) is 12.3. The molecular formula is C15H28N4. The summed E-state index contributed by atoms with van der Waals surface area (Å²) < 4.78 is 2.26. The first-order chi connectivity index (χ1) is 9.31. The third kappa shape index (κ3) is 4.30. The van der Waals surface area contributed by atoms with Gasteiger partial charge in [0.2, 0.25) is 0 Å². The quantitative estimate of drug-likeness (QED) is 0.735. The lowest BCUT2D eigenvalue weighted by Gasteiger charge is -2.20. The Labute approximate surface area is 116 Å². The fourth-order valence-electron chi connectivity index (χ4n) is 2.83. The second-order valence-corrected chi connectivity index (χ2v) is 5.81. The van der Waals surface area contributed by atoms with Gasteiger partial charge < -0.3 is 10.3 Å². The Morgan fingerprint density at radius 3 is 2.63 bits per heavy atom. The second-order valence-electron chi connectivity index (χ2n) is 5.81. The van der Waals surface area contributed by atoms with Crippen LogP contribution in [0.4, 0.5) is 0 Å². The van der Waals surface area contributed by atoms with E-state index < -0.39 is 0 Å². The molecule has 108 valence electrons. The van der Waals surface area contributed by atoms with Crippen LogP contribution in [0.15, 0.2) is 0 Å². The van der Waals surface area contributed by atoms with E-state index in [-0.39, 0.29) is 6.04 Å². The molecule has 4 heteroatoms. The summed E-state index contributed by atoms with van der Waals surface area (Å²) in [5.41, 5.74) is 6.02. The van der Waals surface area contributed by atoms with Gasteiger partial charge in [0.1, 0.15) is 11.6 Å². The molecule has 0 radical (unpaired) electrons. The van der Waals surface area contributed by atoms with Crippen molar-refractivity contribution in [1.29, 1.82) is 0 Å². The molecule has 0 bridgehead atoms. The van der Waals surface area contributed by atoms with Crippen LogP contribution in [-0.4, -0.2) is 20.8 Å². The van der Waals surface area contributed by atoms with Crippen LogP contribution in [0, 0.1) is 0 Å². The van der Waals surface area contributed by atoms with Gasteiger partial charge in [-0.05, 0) is 12.8 Å². The fourth-order valence-corrected chi connectivity index (χ4v) is 2.83. The Hall–Kier alpha value is -0.900. The minimum absolute atomic E-state index is 0.288.